The Kier molecular flexibility index (Phi) is 6.43. The standard InChI is InChI=1S/C19H22N2O5/c1-12(20-13(2)22)19(23)21-14-5-10-17(25-4)18(11-14)26-16-8-6-15(24-3)7-9-16/h5-12H,1-4H3,(H,20,22)(H,21,23)/t12-/m0/s1. The van der Waals surface area contributed by atoms with Crippen molar-refractivity contribution in [3.05, 3.63) is 42.5 Å². The third-order valence-electron chi connectivity index (χ3n) is 3.53. The molecule has 0 aliphatic heterocycles. The zero-order valence-electron chi connectivity index (χ0n) is 15.2. The maximum atomic E-state index is 12.1. The van der Waals surface area contributed by atoms with E-state index in [0.717, 1.165) is 5.75 Å². The van der Waals surface area contributed by atoms with Gasteiger partial charge in [0.15, 0.2) is 11.5 Å². The minimum Gasteiger partial charge on any atom is -0.497 e. The normalized spacial score (nSPS) is 11.2. The van der Waals surface area contributed by atoms with Crippen molar-refractivity contribution in [2.75, 3.05) is 19.5 Å². The lowest BCUT2D eigenvalue weighted by Gasteiger charge is -2.15. The van der Waals surface area contributed by atoms with Crippen LogP contribution in [0.5, 0.6) is 23.0 Å². The van der Waals surface area contributed by atoms with Gasteiger partial charge in [0.25, 0.3) is 0 Å². The highest BCUT2D eigenvalue weighted by molar-refractivity contribution is 5.96. The Balaban J connectivity index is 2.16. The van der Waals surface area contributed by atoms with Gasteiger partial charge in [0.05, 0.1) is 14.2 Å². The molecular weight excluding hydrogens is 336 g/mol. The largest absolute Gasteiger partial charge is 0.497 e. The second-order valence-electron chi connectivity index (χ2n) is 5.55. The van der Waals surface area contributed by atoms with E-state index in [-0.39, 0.29) is 11.8 Å². The first kappa shape index (κ1) is 19.1. The zero-order valence-corrected chi connectivity index (χ0v) is 15.2. The van der Waals surface area contributed by atoms with E-state index in [1.165, 1.54) is 14.0 Å². The summed E-state index contributed by atoms with van der Waals surface area (Å²) >= 11 is 0. The van der Waals surface area contributed by atoms with Crippen molar-refractivity contribution < 1.29 is 23.8 Å². The molecule has 0 bridgehead atoms. The number of carbonyl (C=O) groups is 2. The number of rotatable bonds is 7. The smallest absolute Gasteiger partial charge is 0.246 e. The average molecular weight is 358 g/mol. The van der Waals surface area contributed by atoms with Crippen LogP contribution in [0, 0.1) is 0 Å². The first-order chi connectivity index (χ1) is 12.4. The molecule has 2 N–H and O–H groups in total. The fourth-order valence-electron chi connectivity index (χ4n) is 2.23. The number of amides is 2. The molecule has 0 aliphatic carbocycles. The summed E-state index contributed by atoms with van der Waals surface area (Å²) in [5, 5.41) is 5.27. The van der Waals surface area contributed by atoms with Crippen LogP contribution in [0.3, 0.4) is 0 Å². The topological polar surface area (TPSA) is 85.9 Å². The van der Waals surface area contributed by atoms with E-state index >= 15 is 0 Å². The molecule has 0 spiro atoms. The first-order valence-corrected chi connectivity index (χ1v) is 8.01. The lowest BCUT2D eigenvalue weighted by atomic mass is 10.2. The minimum absolute atomic E-state index is 0.272. The molecule has 0 fully saturated rings. The Hall–Kier alpha value is -3.22. The van der Waals surface area contributed by atoms with Crippen LogP contribution in [0.2, 0.25) is 0 Å². The molecule has 0 unspecified atom stereocenters. The Morgan fingerprint density at radius 3 is 2.15 bits per heavy atom. The van der Waals surface area contributed by atoms with Gasteiger partial charge in [-0.05, 0) is 43.3 Å². The second kappa shape index (κ2) is 8.75. The number of carbonyl (C=O) groups excluding carboxylic acids is 2. The van der Waals surface area contributed by atoms with E-state index in [1.807, 2.05) is 0 Å². The van der Waals surface area contributed by atoms with Gasteiger partial charge in [-0.1, -0.05) is 0 Å². The third kappa shape index (κ3) is 5.14. The Morgan fingerprint density at radius 1 is 0.923 bits per heavy atom. The summed E-state index contributed by atoms with van der Waals surface area (Å²) in [5.74, 6) is 1.68. The van der Waals surface area contributed by atoms with Gasteiger partial charge in [-0.15, -0.1) is 0 Å². The molecule has 0 radical (unpaired) electrons. The maximum absolute atomic E-state index is 12.1. The molecule has 7 heteroatoms. The second-order valence-corrected chi connectivity index (χ2v) is 5.55. The lowest BCUT2D eigenvalue weighted by Crippen LogP contribution is -2.40. The van der Waals surface area contributed by atoms with Crippen LogP contribution in [-0.2, 0) is 9.59 Å². The molecular formula is C19H22N2O5. The molecule has 0 heterocycles. The fourth-order valence-corrected chi connectivity index (χ4v) is 2.23. The van der Waals surface area contributed by atoms with E-state index in [0.29, 0.717) is 22.9 Å². The van der Waals surface area contributed by atoms with Gasteiger partial charge >= 0.3 is 0 Å². The Labute approximate surface area is 152 Å². The van der Waals surface area contributed by atoms with Gasteiger partial charge in [0, 0.05) is 18.7 Å². The van der Waals surface area contributed by atoms with Crippen LogP contribution in [0.1, 0.15) is 13.8 Å². The molecule has 2 aromatic carbocycles. The van der Waals surface area contributed by atoms with E-state index in [1.54, 1.807) is 56.5 Å². The molecule has 0 saturated carbocycles. The molecule has 2 amide bonds. The van der Waals surface area contributed by atoms with E-state index < -0.39 is 6.04 Å². The average Bonchev–Trinajstić information content (AvgIpc) is 2.62. The quantitative estimate of drug-likeness (QED) is 0.795. The van der Waals surface area contributed by atoms with Gasteiger partial charge in [-0.2, -0.15) is 0 Å². The van der Waals surface area contributed by atoms with Gasteiger partial charge in [0.1, 0.15) is 17.5 Å². The number of methoxy groups -OCH3 is 2. The minimum atomic E-state index is -0.652. The number of benzene rings is 2. The number of anilines is 1. The number of ether oxygens (including phenoxy) is 3. The summed E-state index contributed by atoms with van der Waals surface area (Å²) in [5.41, 5.74) is 0.525. The summed E-state index contributed by atoms with van der Waals surface area (Å²) in [6.07, 6.45) is 0. The van der Waals surface area contributed by atoms with Gasteiger partial charge in [0.2, 0.25) is 11.8 Å². The van der Waals surface area contributed by atoms with Gasteiger partial charge < -0.3 is 24.8 Å². The highest BCUT2D eigenvalue weighted by Crippen LogP contribution is 2.34. The highest BCUT2D eigenvalue weighted by Gasteiger charge is 2.15. The summed E-state index contributed by atoms with van der Waals surface area (Å²) in [6, 6.07) is 11.5. The molecule has 7 nitrogen and oxygen atoms in total. The van der Waals surface area contributed by atoms with E-state index in [9.17, 15) is 9.59 Å². The van der Waals surface area contributed by atoms with Gasteiger partial charge in [-0.3, -0.25) is 9.59 Å². The Morgan fingerprint density at radius 2 is 1.58 bits per heavy atom. The number of hydrogen-bond acceptors (Lipinski definition) is 5. The number of hydrogen-bond donors (Lipinski definition) is 2. The van der Waals surface area contributed by atoms with Crippen molar-refractivity contribution in [1.29, 1.82) is 0 Å². The van der Waals surface area contributed by atoms with Gasteiger partial charge in [-0.25, -0.2) is 0 Å². The van der Waals surface area contributed by atoms with Crippen molar-refractivity contribution in [2.24, 2.45) is 0 Å². The molecule has 0 aromatic heterocycles. The molecule has 0 saturated heterocycles. The summed E-state index contributed by atoms with van der Waals surface area (Å²) in [4.78, 5) is 23.2. The Bertz CT molecular complexity index is 774. The van der Waals surface area contributed by atoms with Crippen molar-refractivity contribution >= 4 is 17.5 Å². The molecule has 138 valence electrons. The molecule has 1 atom stereocenters. The van der Waals surface area contributed by atoms with Crippen LogP contribution >= 0.6 is 0 Å². The predicted octanol–water partition coefficient (Wildman–Crippen LogP) is 2.96. The van der Waals surface area contributed by atoms with E-state index in [2.05, 4.69) is 10.6 Å². The lowest BCUT2D eigenvalue weighted by molar-refractivity contribution is -0.124. The SMILES string of the molecule is COc1ccc(Oc2cc(NC(=O)[C@H](C)NC(C)=O)ccc2OC)cc1. The molecule has 2 rings (SSSR count). The summed E-state index contributed by atoms with van der Waals surface area (Å²) in [6.45, 7) is 2.97. The molecule has 26 heavy (non-hydrogen) atoms. The van der Waals surface area contributed by atoms with Crippen molar-refractivity contribution in [1.82, 2.24) is 5.32 Å². The van der Waals surface area contributed by atoms with Crippen LogP contribution in [0.4, 0.5) is 5.69 Å². The monoisotopic (exact) mass is 358 g/mol. The van der Waals surface area contributed by atoms with Crippen LogP contribution in [0.15, 0.2) is 42.5 Å². The van der Waals surface area contributed by atoms with Crippen molar-refractivity contribution in [3.63, 3.8) is 0 Å². The van der Waals surface area contributed by atoms with Crippen LogP contribution in [-0.4, -0.2) is 32.1 Å². The third-order valence-corrected chi connectivity index (χ3v) is 3.53. The van der Waals surface area contributed by atoms with E-state index in [4.69, 9.17) is 14.2 Å². The van der Waals surface area contributed by atoms with Crippen LogP contribution < -0.4 is 24.8 Å². The van der Waals surface area contributed by atoms with Crippen molar-refractivity contribution in [3.8, 4) is 23.0 Å². The maximum Gasteiger partial charge on any atom is 0.246 e. The first-order valence-electron chi connectivity index (χ1n) is 8.01. The van der Waals surface area contributed by atoms with Crippen molar-refractivity contribution in [2.45, 2.75) is 19.9 Å². The molecule has 2 aromatic rings. The highest BCUT2D eigenvalue weighted by atomic mass is 16.5. The molecule has 0 aliphatic rings. The number of nitrogens with one attached hydrogen (secondary N) is 2. The van der Waals surface area contributed by atoms with Crippen LogP contribution in [0.25, 0.3) is 0 Å². The predicted molar refractivity (Wildman–Crippen MR) is 98.0 cm³/mol. The zero-order chi connectivity index (χ0) is 19.1. The summed E-state index contributed by atoms with van der Waals surface area (Å²) < 4.78 is 16.3. The fraction of sp³-hybridized carbons (Fsp3) is 0.263. The summed E-state index contributed by atoms with van der Waals surface area (Å²) in [7, 11) is 3.13.